The van der Waals surface area contributed by atoms with Crippen molar-refractivity contribution in [1.29, 1.82) is 0 Å². The summed E-state index contributed by atoms with van der Waals surface area (Å²) in [7, 11) is 0. The van der Waals surface area contributed by atoms with E-state index in [0.717, 1.165) is 0 Å². The van der Waals surface area contributed by atoms with Gasteiger partial charge in [0.15, 0.2) is 0 Å². The molecular weight excluding hydrogens is 416 g/mol. The van der Waals surface area contributed by atoms with Gasteiger partial charge in [-0.15, -0.1) is 0 Å². The van der Waals surface area contributed by atoms with Gasteiger partial charge in [-0.3, -0.25) is 0 Å². The molecule has 0 bridgehead atoms. The summed E-state index contributed by atoms with van der Waals surface area (Å²) in [6, 6.07) is 0. The molecule has 0 aromatic rings. The van der Waals surface area contributed by atoms with Crippen LogP contribution in [0.1, 0.15) is 0 Å². The predicted octanol–water partition coefficient (Wildman–Crippen LogP) is 1.44. The Kier molecular flexibility index (Phi) is 20.1. The molecule has 0 heterocycles. The molecule has 20 heteroatoms. The maximum absolute atomic E-state index is 9.21. The SMILES string of the molecule is O=C(O)OC(=O)O.O=C(O)OC(=O)O.O=C(O)OC(=O)O.O=C(O)OC(=O)O. The van der Waals surface area contributed by atoms with E-state index in [1.54, 1.807) is 0 Å². The molecule has 0 amide bonds. The Balaban J connectivity index is -0.000000137. The van der Waals surface area contributed by atoms with E-state index in [1.165, 1.54) is 0 Å². The molecule has 28 heavy (non-hydrogen) atoms. The van der Waals surface area contributed by atoms with Crippen LogP contribution < -0.4 is 0 Å². The molecule has 0 aliphatic rings. The summed E-state index contributed by atoms with van der Waals surface area (Å²) in [4.78, 5) is 73.7. The van der Waals surface area contributed by atoms with Crippen molar-refractivity contribution in [2.75, 3.05) is 0 Å². The van der Waals surface area contributed by atoms with Gasteiger partial charge in [0.25, 0.3) is 0 Å². The first kappa shape index (κ1) is 30.8. The maximum Gasteiger partial charge on any atom is 0.516 e. The number of carbonyl (C=O) groups is 8. The number of hydrogen-bond donors (Lipinski definition) is 8. The average molecular weight is 424 g/mol. The third kappa shape index (κ3) is 69.5. The molecule has 8 N–H and O–H groups in total. The van der Waals surface area contributed by atoms with Crippen LogP contribution in [0.3, 0.4) is 0 Å². The lowest BCUT2D eigenvalue weighted by Gasteiger charge is -1.84. The van der Waals surface area contributed by atoms with Gasteiger partial charge in [0.05, 0.1) is 0 Å². The molecule has 20 nitrogen and oxygen atoms in total. The Morgan fingerprint density at radius 1 is 0.286 bits per heavy atom. The van der Waals surface area contributed by atoms with Gasteiger partial charge in [-0.1, -0.05) is 0 Å². The zero-order chi connectivity index (χ0) is 23.4. The van der Waals surface area contributed by atoms with Crippen LogP contribution in [-0.4, -0.2) is 90.1 Å². The fraction of sp³-hybridized carbons (Fsp3) is 0. The number of carboxylic acid groups (broad SMARTS) is 8. The first-order valence-corrected chi connectivity index (χ1v) is 5.05. The summed E-state index contributed by atoms with van der Waals surface area (Å²) in [5.41, 5.74) is 0. The zero-order valence-electron chi connectivity index (χ0n) is 12.5. The van der Waals surface area contributed by atoms with Crippen molar-refractivity contribution >= 4 is 49.2 Å². The highest BCUT2D eigenvalue weighted by Gasteiger charge is 2.03. The van der Waals surface area contributed by atoms with E-state index in [2.05, 4.69) is 18.9 Å². The fourth-order valence-corrected chi connectivity index (χ4v) is 0.299. The highest BCUT2D eigenvalue weighted by Crippen LogP contribution is 1.75. The van der Waals surface area contributed by atoms with Gasteiger partial charge < -0.3 is 59.8 Å². The van der Waals surface area contributed by atoms with Crippen molar-refractivity contribution in [3.63, 3.8) is 0 Å². The van der Waals surface area contributed by atoms with Gasteiger partial charge in [0.2, 0.25) is 0 Å². The molecule has 0 spiro atoms. The number of hydrogen-bond acceptors (Lipinski definition) is 12. The van der Waals surface area contributed by atoms with Crippen LogP contribution >= 0.6 is 0 Å². The van der Waals surface area contributed by atoms with Gasteiger partial charge in [0.1, 0.15) is 0 Å². The molecule has 160 valence electrons. The lowest BCUT2D eigenvalue weighted by atomic mass is 11.3. The Bertz CT molecular complexity index is 433. The summed E-state index contributed by atoms with van der Waals surface area (Å²) in [6.07, 6.45) is -14.5. The van der Waals surface area contributed by atoms with Crippen LogP contribution in [0.2, 0.25) is 0 Å². The highest BCUT2D eigenvalue weighted by atomic mass is 16.8. The molecule has 0 aromatic heterocycles. The lowest BCUT2D eigenvalue weighted by Crippen LogP contribution is -2.05. The Hall–Kier alpha value is -5.04. The van der Waals surface area contributed by atoms with E-state index in [1.807, 2.05) is 0 Å². The topological polar surface area (TPSA) is 335 Å². The van der Waals surface area contributed by atoms with Crippen molar-refractivity contribution in [3.8, 4) is 0 Å². The first-order chi connectivity index (χ1) is 12.5. The van der Waals surface area contributed by atoms with Gasteiger partial charge in [-0.2, -0.15) is 0 Å². The van der Waals surface area contributed by atoms with Crippen molar-refractivity contribution in [1.82, 2.24) is 0 Å². The van der Waals surface area contributed by atoms with Gasteiger partial charge in [0, 0.05) is 0 Å². The molecule has 0 aromatic carbocycles. The summed E-state index contributed by atoms with van der Waals surface area (Å²) in [5, 5.41) is 59.8. The Morgan fingerprint density at radius 2 is 0.357 bits per heavy atom. The summed E-state index contributed by atoms with van der Waals surface area (Å²) < 4.78 is 12.3. The number of ether oxygens (including phenoxy) is 4. The van der Waals surface area contributed by atoms with Crippen molar-refractivity contribution in [2.24, 2.45) is 0 Å². The molecule has 0 radical (unpaired) electrons. The van der Waals surface area contributed by atoms with Gasteiger partial charge in [-0.25, -0.2) is 38.4 Å². The van der Waals surface area contributed by atoms with Gasteiger partial charge in [-0.05, 0) is 0 Å². The molecule has 0 saturated heterocycles. The van der Waals surface area contributed by atoms with Crippen molar-refractivity contribution in [3.05, 3.63) is 0 Å². The van der Waals surface area contributed by atoms with Crippen LogP contribution in [0.15, 0.2) is 0 Å². The quantitative estimate of drug-likeness (QED) is 0.155. The van der Waals surface area contributed by atoms with E-state index >= 15 is 0 Å². The summed E-state index contributed by atoms with van der Waals surface area (Å²) >= 11 is 0. The minimum atomic E-state index is -1.81. The van der Waals surface area contributed by atoms with Gasteiger partial charge >= 0.3 is 49.2 Å². The van der Waals surface area contributed by atoms with Crippen LogP contribution in [0, 0.1) is 0 Å². The second kappa shape index (κ2) is 18.3. The smallest absolute Gasteiger partial charge is 0.449 e. The second-order valence-corrected chi connectivity index (χ2v) is 2.54. The third-order valence-electron chi connectivity index (χ3n) is 0.698. The normalized spacial score (nSPS) is 7.43. The molecule has 0 atom stereocenters. The van der Waals surface area contributed by atoms with E-state index < -0.39 is 49.2 Å². The van der Waals surface area contributed by atoms with Crippen molar-refractivity contribution in [2.45, 2.75) is 0 Å². The zero-order valence-corrected chi connectivity index (χ0v) is 12.5. The summed E-state index contributed by atoms with van der Waals surface area (Å²) in [5.74, 6) is 0. The third-order valence-corrected chi connectivity index (χ3v) is 0.698. The van der Waals surface area contributed by atoms with Crippen LogP contribution in [0.4, 0.5) is 38.4 Å². The summed E-state index contributed by atoms with van der Waals surface area (Å²) in [6.45, 7) is 0. The number of rotatable bonds is 0. The molecular formula is C8H8O20. The first-order valence-electron chi connectivity index (χ1n) is 5.05. The van der Waals surface area contributed by atoms with E-state index in [0.29, 0.717) is 0 Å². The highest BCUT2D eigenvalue weighted by molar-refractivity contribution is 5.75. The molecule has 0 saturated carbocycles. The van der Waals surface area contributed by atoms with Crippen LogP contribution in [-0.2, 0) is 18.9 Å². The monoisotopic (exact) mass is 424 g/mol. The molecule has 0 unspecified atom stereocenters. The van der Waals surface area contributed by atoms with E-state index in [4.69, 9.17) is 40.9 Å². The minimum absolute atomic E-state index is 1.81. The average Bonchev–Trinajstić information content (AvgIpc) is 2.32. The largest absolute Gasteiger partial charge is 0.516 e. The molecule has 0 rings (SSSR count). The predicted molar refractivity (Wildman–Crippen MR) is 68.5 cm³/mol. The van der Waals surface area contributed by atoms with Crippen LogP contribution in [0.25, 0.3) is 0 Å². The van der Waals surface area contributed by atoms with Crippen molar-refractivity contribution < 1.29 is 98.2 Å². The minimum Gasteiger partial charge on any atom is -0.449 e. The lowest BCUT2D eigenvalue weighted by molar-refractivity contribution is 0.0776. The fourth-order valence-electron chi connectivity index (χ4n) is 0.299. The molecule has 0 fully saturated rings. The standard InChI is InChI=1S/4C2H2O5/c4*3-1(4)7-2(5)6/h4*(H,3,4)(H,5,6). The van der Waals surface area contributed by atoms with Crippen LogP contribution in [0.5, 0.6) is 0 Å². The second-order valence-electron chi connectivity index (χ2n) is 2.54. The Morgan fingerprint density at radius 3 is 0.357 bits per heavy atom. The molecule has 0 aliphatic heterocycles. The molecule has 0 aliphatic carbocycles. The van der Waals surface area contributed by atoms with E-state index in [9.17, 15) is 38.4 Å². The maximum atomic E-state index is 9.21. The van der Waals surface area contributed by atoms with E-state index in [-0.39, 0.29) is 0 Å². The Labute approximate surface area is 148 Å².